The Hall–Kier alpha value is -2.21. The minimum Gasteiger partial charge on any atom is -0.391 e. The van der Waals surface area contributed by atoms with E-state index >= 15 is 0 Å². The van der Waals surface area contributed by atoms with Crippen molar-refractivity contribution in [3.05, 3.63) is 53.2 Å². The number of aromatic nitrogens is 1. The van der Waals surface area contributed by atoms with Crippen molar-refractivity contribution in [1.29, 1.82) is 0 Å². The number of carbonyl (C=O) groups is 1. The van der Waals surface area contributed by atoms with Gasteiger partial charge in [-0.25, -0.2) is 4.39 Å². The summed E-state index contributed by atoms with van der Waals surface area (Å²) in [6.45, 7) is 2.76. The Kier molecular flexibility index (Phi) is 5.48. The molecule has 1 aliphatic heterocycles. The molecule has 2 atom stereocenters. The minimum atomic E-state index is -0.536. The number of aryl methyl sites for hydroxylation is 2. The van der Waals surface area contributed by atoms with Crippen LogP contribution in [0.25, 0.3) is 0 Å². The number of hydrogen-bond donors (Lipinski definition) is 1. The van der Waals surface area contributed by atoms with Gasteiger partial charge in [0, 0.05) is 37.9 Å². The number of hydrogen-bond acceptors (Lipinski definition) is 4. The Labute approximate surface area is 146 Å². The lowest BCUT2D eigenvalue weighted by Crippen LogP contribution is -2.29. The second kappa shape index (κ2) is 7.78. The fourth-order valence-electron chi connectivity index (χ4n) is 3.28. The number of amides is 1. The van der Waals surface area contributed by atoms with E-state index in [1.807, 2.05) is 13.0 Å². The maximum Gasteiger partial charge on any atom is 0.222 e. The molecule has 1 amide bonds. The number of halogens is 1. The molecule has 6 heteroatoms. The molecular formula is C19H23FN2O3. The van der Waals surface area contributed by atoms with E-state index in [1.54, 1.807) is 17.0 Å². The Morgan fingerprint density at radius 1 is 1.36 bits per heavy atom. The van der Waals surface area contributed by atoms with E-state index in [0.717, 1.165) is 23.4 Å². The number of benzene rings is 1. The van der Waals surface area contributed by atoms with Crippen LogP contribution in [0.1, 0.15) is 29.9 Å². The summed E-state index contributed by atoms with van der Waals surface area (Å²) >= 11 is 0. The van der Waals surface area contributed by atoms with Crippen molar-refractivity contribution in [2.24, 2.45) is 5.92 Å². The van der Waals surface area contributed by atoms with Gasteiger partial charge < -0.3 is 14.5 Å². The van der Waals surface area contributed by atoms with Crippen LogP contribution in [0, 0.1) is 18.7 Å². The molecule has 0 bridgehead atoms. The average Bonchev–Trinajstić information content (AvgIpc) is 3.16. The van der Waals surface area contributed by atoms with E-state index in [0.29, 0.717) is 32.4 Å². The van der Waals surface area contributed by atoms with E-state index < -0.39 is 6.10 Å². The summed E-state index contributed by atoms with van der Waals surface area (Å²) < 4.78 is 18.1. The summed E-state index contributed by atoms with van der Waals surface area (Å²) in [5.41, 5.74) is 1.84. The molecule has 0 unspecified atom stereocenters. The van der Waals surface area contributed by atoms with Crippen molar-refractivity contribution < 1.29 is 18.8 Å². The number of carbonyl (C=O) groups excluding carboxylic acids is 1. The van der Waals surface area contributed by atoms with E-state index in [2.05, 4.69) is 5.16 Å². The van der Waals surface area contributed by atoms with Gasteiger partial charge in [-0.05, 0) is 37.5 Å². The molecule has 0 spiro atoms. The van der Waals surface area contributed by atoms with Crippen molar-refractivity contribution in [2.45, 2.75) is 38.7 Å². The zero-order chi connectivity index (χ0) is 17.8. The first-order valence-electron chi connectivity index (χ1n) is 8.64. The first-order chi connectivity index (χ1) is 12.0. The fraction of sp³-hybridized carbons (Fsp3) is 0.474. The van der Waals surface area contributed by atoms with Crippen molar-refractivity contribution >= 4 is 5.91 Å². The lowest BCUT2D eigenvalue weighted by molar-refractivity contribution is -0.130. The highest BCUT2D eigenvalue weighted by atomic mass is 19.1. The number of aliphatic hydroxyl groups is 1. The predicted octanol–water partition coefficient (Wildman–Crippen LogP) is 2.51. The minimum absolute atomic E-state index is 0.0200. The van der Waals surface area contributed by atoms with Crippen LogP contribution in [0.4, 0.5) is 4.39 Å². The smallest absolute Gasteiger partial charge is 0.222 e. The molecule has 1 fully saturated rings. The Balaban J connectivity index is 1.45. The van der Waals surface area contributed by atoms with E-state index in [1.165, 1.54) is 12.1 Å². The third kappa shape index (κ3) is 4.66. The maximum atomic E-state index is 12.9. The van der Waals surface area contributed by atoms with Gasteiger partial charge in [-0.1, -0.05) is 17.3 Å². The molecule has 5 nitrogen and oxygen atoms in total. The van der Waals surface area contributed by atoms with Gasteiger partial charge in [0.2, 0.25) is 5.91 Å². The molecule has 3 rings (SSSR count). The van der Waals surface area contributed by atoms with Gasteiger partial charge in [0.25, 0.3) is 0 Å². The SMILES string of the molecule is Cc1cc(C[C@@H]2CN(C(=O)CCCc3ccc(F)cc3)C[C@H]2O)on1. The molecule has 2 aromatic rings. The van der Waals surface area contributed by atoms with Crippen LogP contribution in [0.5, 0.6) is 0 Å². The molecule has 25 heavy (non-hydrogen) atoms. The van der Waals surface area contributed by atoms with Gasteiger partial charge in [-0.2, -0.15) is 0 Å². The largest absolute Gasteiger partial charge is 0.391 e. The van der Waals surface area contributed by atoms with Gasteiger partial charge in [-0.3, -0.25) is 4.79 Å². The van der Waals surface area contributed by atoms with E-state index in [9.17, 15) is 14.3 Å². The molecule has 0 saturated carbocycles. The lowest BCUT2D eigenvalue weighted by Gasteiger charge is -2.15. The normalized spacial score (nSPS) is 20.2. The Morgan fingerprint density at radius 2 is 2.12 bits per heavy atom. The topological polar surface area (TPSA) is 66.6 Å². The van der Waals surface area contributed by atoms with Crippen LogP contribution in [-0.4, -0.2) is 40.3 Å². The second-order valence-electron chi connectivity index (χ2n) is 6.74. The third-order valence-corrected chi connectivity index (χ3v) is 4.67. The van der Waals surface area contributed by atoms with Gasteiger partial charge >= 0.3 is 0 Å². The molecular weight excluding hydrogens is 323 g/mol. The molecule has 2 heterocycles. The standard InChI is InChI=1S/C19H23FN2O3/c1-13-9-17(25-21-13)10-15-11-22(12-18(15)23)19(24)4-2-3-14-5-7-16(20)8-6-14/h5-9,15,18,23H,2-4,10-12H2,1H3/t15-,18-/m1/s1. The highest BCUT2D eigenvalue weighted by molar-refractivity contribution is 5.76. The fourth-order valence-corrected chi connectivity index (χ4v) is 3.28. The summed E-state index contributed by atoms with van der Waals surface area (Å²) in [5, 5.41) is 14.1. The highest BCUT2D eigenvalue weighted by Crippen LogP contribution is 2.23. The highest BCUT2D eigenvalue weighted by Gasteiger charge is 2.34. The summed E-state index contributed by atoms with van der Waals surface area (Å²) in [6.07, 6.45) is 1.93. The first kappa shape index (κ1) is 17.6. The number of nitrogens with zero attached hydrogens (tertiary/aromatic N) is 2. The monoisotopic (exact) mass is 346 g/mol. The molecule has 1 aromatic heterocycles. The quantitative estimate of drug-likeness (QED) is 0.873. The lowest BCUT2D eigenvalue weighted by atomic mass is 10.0. The zero-order valence-corrected chi connectivity index (χ0v) is 14.3. The van der Waals surface area contributed by atoms with Crippen LogP contribution < -0.4 is 0 Å². The molecule has 0 radical (unpaired) electrons. The number of aliphatic hydroxyl groups excluding tert-OH is 1. The average molecular weight is 346 g/mol. The van der Waals surface area contributed by atoms with Crippen LogP contribution in [0.3, 0.4) is 0 Å². The van der Waals surface area contributed by atoms with Crippen molar-refractivity contribution in [1.82, 2.24) is 10.1 Å². The number of β-amino-alcohol motifs (C(OH)–C–C–N with tert-alkyl or cyclic N) is 1. The number of likely N-dealkylation sites (tertiary alicyclic amines) is 1. The van der Waals surface area contributed by atoms with Crippen molar-refractivity contribution in [3.63, 3.8) is 0 Å². The Morgan fingerprint density at radius 3 is 2.80 bits per heavy atom. The van der Waals surface area contributed by atoms with Gasteiger partial charge in [0.05, 0.1) is 11.8 Å². The van der Waals surface area contributed by atoms with E-state index in [-0.39, 0.29) is 17.6 Å². The van der Waals surface area contributed by atoms with Crippen LogP contribution >= 0.6 is 0 Å². The van der Waals surface area contributed by atoms with Gasteiger partial charge in [0.15, 0.2) is 0 Å². The van der Waals surface area contributed by atoms with Crippen LogP contribution in [0.15, 0.2) is 34.9 Å². The molecule has 1 aromatic carbocycles. The molecule has 1 aliphatic rings. The summed E-state index contributed by atoms with van der Waals surface area (Å²) in [6, 6.07) is 8.22. The van der Waals surface area contributed by atoms with Crippen molar-refractivity contribution in [3.8, 4) is 0 Å². The molecule has 0 aliphatic carbocycles. The summed E-state index contributed by atoms with van der Waals surface area (Å²) in [4.78, 5) is 14.1. The number of rotatable bonds is 6. The summed E-state index contributed by atoms with van der Waals surface area (Å²) in [5.74, 6) is 0.525. The summed E-state index contributed by atoms with van der Waals surface area (Å²) in [7, 11) is 0. The molecule has 1 N–H and O–H groups in total. The van der Waals surface area contributed by atoms with E-state index in [4.69, 9.17) is 4.52 Å². The molecule has 1 saturated heterocycles. The zero-order valence-electron chi connectivity index (χ0n) is 14.3. The third-order valence-electron chi connectivity index (χ3n) is 4.67. The van der Waals surface area contributed by atoms with Gasteiger partial charge in [-0.15, -0.1) is 0 Å². The molecule has 134 valence electrons. The maximum absolute atomic E-state index is 12.9. The van der Waals surface area contributed by atoms with Crippen molar-refractivity contribution in [2.75, 3.05) is 13.1 Å². The second-order valence-corrected chi connectivity index (χ2v) is 6.74. The Bertz CT molecular complexity index is 714. The predicted molar refractivity (Wildman–Crippen MR) is 90.4 cm³/mol. The van der Waals surface area contributed by atoms with Crippen LogP contribution in [0.2, 0.25) is 0 Å². The first-order valence-corrected chi connectivity index (χ1v) is 8.64. The van der Waals surface area contributed by atoms with Crippen LogP contribution in [-0.2, 0) is 17.6 Å². The van der Waals surface area contributed by atoms with Gasteiger partial charge in [0.1, 0.15) is 11.6 Å².